The van der Waals surface area contributed by atoms with E-state index >= 15 is 0 Å². The lowest BCUT2D eigenvalue weighted by Gasteiger charge is -2.16. The van der Waals surface area contributed by atoms with Gasteiger partial charge in [-0.3, -0.25) is 0 Å². The molecule has 0 amide bonds. The highest BCUT2D eigenvalue weighted by molar-refractivity contribution is 7.26. The lowest BCUT2D eigenvalue weighted by molar-refractivity contribution is 1.07. The lowest BCUT2D eigenvalue weighted by atomic mass is 9.96. The van der Waals surface area contributed by atoms with Crippen molar-refractivity contribution in [1.82, 2.24) is 19.5 Å². The van der Waals surface area contributed by atoms with Crippen LogP contribution in [0.4, 0.5) is 0 Å². The summed E-state index contributed by atoms with van der Waals surface area (Å²) in [5.74, 6) is 1.66. The van der Waals surface area contributed by atoms with E-state index in [1.165, 1.54) is 26.2 Å². The first-order valence-corrected chi connectivity index (χ1v) is 20.0. The van der Waals surface area contributed by atoms with Crippen LogP contribution >= 0.6 is 11.3 Å². The molecule has 0 atom stereocenters. The van der Waals surface area contributed by atoms with Gasteiger partial charge in [0.2, 0.25) is 0 Å². The van der Waals surface area contributed by atoms with Gasteiger partial charge in [-0.2, -0.15) is 5.26 Å². The van der Waals surface area contributed by atoms with Crippen LogP contribution in [0.1, 0.15) is 5.56 Å². The van der Waals surface area contributed by atoms with Crippen molar-refractivity contribution < 1.29 is 0 Å². The summed E-state index contributed by atoms with van der Waals surface area (Å²) in [5.41, 5.74) is 10.5. The number of hydrogen-bond donors (Lipinski definition) is 0. The van der Waals surface area contributed by atoms with Crippen molar-refractivity contribution in [2.75, 3.05) is 0 Å². The van der Waals surface area contributed by atoms with Gasteiger partial charge in [-0.1, -0.05) is 146 Å². The molecule has 270 valence electrons. The molecule has 6 heteroatoms. The van der Waals surface area contributed by atoms with Gasteiger partial charge in [0.25, 0.3) is 0 Å². The van der Waals surface area contributed by atoms with Crippen molar-refractivity contribution >= 4 is 53.3 Å². The molecule has 3 heterocycles. The Bertz CT molecular complexity index is 3360. The van der Waals surface area contributed by atoms with Crippen LogP contribution in [-0.4, -0.2) is 19.5 Å². The van der Waals surface area contributed by atoms with Gasteiger partial charge >= 0.3 is 0 Å². The molecule has 58 heavy (non-hydrogen) atoms. The Balaban J connectivity index is 1.14. The first-order valence-electron chi connectivity index (χ1n) is 19.2. The van der Waals surface area contributed by atoms with Gasteiger partial charge < -0.3 is 4.57 Å². The highest BCUT2D eigenvalue weighted by Gasteiger charge is 2.20. The number of nitriles is 1. The zero-order chi connectivity index (χ0) is 38.6. The SMILES string of the molecule is N#Cc1ccc(-c2nc(-c3ccccc3)nc(-c3ccc(-c4ccccc4)c(-n4c5ccccc5c5ccccc54)c3)n2)cc1-c1cccc2c1sc1ccccc12. The van der Waals surface area contributed by atoms with Crippen molar-refractivity contribution in [2.45, 2.75) is 0 Å². The quantitative estimate of drug-likeness (QED) is 0.169. The summed E-state index contributed by atoms with van der Waals surface area (Å²) in [4.78, 5) is 15.5. The normalized spacial score (nSPS) is 11.4. The zero-order valence-corrected chi connectivity index (χ0v) is 31.9. The smallest absolute Gasteiger partial charge is 0.164 e. The number of aromatic nitrogens is 4. The van der Waals surface area contributed by atoms with Crippen LogP contribution in [0, 0.1) is 11.3 Å². The molecule has 0 aliphatic rings. The third-order valence-corrected chi connectivity index (χ3v) is 12.1. The Morgan fingerprint density at radius 3 is 1.66 bits per heavy atom. The van der Waals surface area contributed by atoms with Gasteiger partial charge in [-0.25, -0.2) is 15.0 Å². The number of hydrogen-bond acceptors (Lipinski definition) is 5. The summed E-state index contributed by atoms with van der Waals surface area (Å²) in [6, 6.07) is 67.4. The van der Waals surface area contributed by atoms with Gasteiger partial charge in [0, 0.05) is 64.3 Å². The first kappa shape index (κ1) is 33.6. The van der Waals surface area contributed by atoms with E-state index in [1.54, 1.807) is 11.3 Å². The second kappa shape index (κ2) is 13.8. The molecule has 0 bridgehead atoms. The fourth-order valence-corrected chi connectivity index (χ4v) is 9.44. The highest BCUT2D eigenvalue weighted by atomic mass is 32.1. The fourth-order valence-electron chi connectivity index (χ4n) is 8.21. The number of rotatable bonds is 6. The van der Waals surface area contributed by atoms with Crippen LogP contribution in [0.15, 0.2) is 188 Å². The molecule has 0 saturated carbocycles. The van der Waals surface area contributed by atoms with Crippen molar-refractivity contribution in [2.24, 2.45) is 0 Å². The van der Waals surface area contributed by atoms with Crippen LogP contribution in [0.5, 0.6) is 0 Å². The van der Waals surface area contributed by atoms with E-state index in [2.05, 4.69) is 150 Å². The maximum absolute atomic E-state index is 10.4. The van der Waals surface area contributed by atoms with E-state index in [0.717, 1.165) is 60.4 Å². The third-order valence-electron chi connectivity index (χ3n) is 10.9. The minimum Gasteiger partial charge on any atom is -0.309 e. The highest BCUT2D eigenvalue weighted by Crippen LogP contribution is 2.42. The molecule has 0 unspecified atom stereocenters. The lowest BCUT2D eigenvalue weighted by Crippen LogP contribution is -2.02. The average molecular weight is 758 g/mol. The molecule has 0 aliphatic carbocycles. The van der Waals surface area contributed by atoms with Crippen LogP contribution in [-0.2, 0) is 0 Å². The minimum atomic E-state index is 0.531. The van der Waals surface area contributed by atoms with Gasteiger partial charge in [-0.15, -0.1) is 11.3 Å². The molecule has 11 rings (SSSR count). The van der Waals surface area contributed by atoms with Crippen LogP contribution in [0.25, 0.3) is 104 Å². The summed E-state index contributed by atoms with van der Waals surface area (Å²) in [7, 11) is 0. The molecule has 0 N–H and O–H groups in total. The van der Waals surface area contributed by atoms with Crippen LogP contribution < -0.4 is 0 Å². The van der Waals surface area contributed by atoms with Crippen LogP contribution in [0.2, 0.25) is 0 Å². The molecular weight excluding hydrogens is 727 g/mol. The average Bonchev–Trinajstić information content (AvgIpc) is 3.85. The molecule has 0 aliphatic heterocycles. The predicted molar refractivity (Wildman–Crippen MR) is 239 cm³/mol. The summed E-state index contributed by atoms with van der Waals surface area (Å²) in [5, 5.41) is 15.2. The van der Waals surface area contributed by atoms with E-state index in [4.69, 9.17) is 15.0 Å². The molecule has 0 radical (unpaired) electrons. The van der Waals surface area contributed by atoms with Crippen molar-refractivity contribution in [3.63, 3.8) is 0 Å². The molecule has 11 aromatic rings. The molecule has 0 spiro atoms. The molecule has 5 nitrogen and oxygen atoms in total. The topological polar surface area (TPSA) is 67.4 Å². The van der Waals surface area contributed by atoms with Crippen molar-refractivity contribution in [3.05, 3.63) is 194 Å². The maximum atomic E-state index is 10.4. The van der Waals surface area contributed by atoms with Gasteiger partial charge in [0.1, 0.15) is 0 Å². The Morgan fingerprint density at radius 2 is 0.966 bits per heavy atom. The monoisotopic (exact) mass is 757 g/mol. The van der Waals surface area contributed by atoms with E-state index < -0.39 is 0 Å². The second-order valence-corrected chi connectivity index (χ2v) is 15.3. The number of thiophene rings is 1. The Labute approximate surface area is 338 Å². The molecule has 3 aromatic heterocycles. The van der Waals surface area contributed by atoms with E-state index in [1.807, 2.05) is 48.5 Å². The van der Waals surface area contributed by atoms with E-state index in [-0.39, 0.29) is 0 Å². The predicted octanol–water partition coefficient (Wildman–Crippen LogP) is 13.5. The van der Waals surface area contributed by atoms with Gasteiger partial charge in [0.15, 0.2) is 17.5 Å². The largest absolute Gasteiger partial charge is 0.309 e. The number of para-hydroxylation sites is 2. The minimum absolute atomic E-state index is 0.531. The van der Waals surface area contributed by atoms with Gasteiger partial charge in [-0.05, 0) is 48.0 Å². The Morgan fingerprint density at radius 1 is 0.414 bits per heavy atom. The summed E-state index contributed by atoms with van der Waals surface area (Å²) in [6.45, 7) is 0. The molecule has 0 saturated heterocycles. The summed E-state index contributed by atoms with van der Waals surface area (Å²) >= 11 is 1.75. The summed E-state index contributed by atoms with van der Waals surface area (Å²) < 4.78 is 4.72. The van der Waals surface area contributed by atoms with Crippen molar-refractivity contribution in [3.8, 4) is 68.2 Å². The zero-order valence-electron chi connectivity index (χ0n) is 31.0. The number of nitrogens with zero attached hydrogens (tertiary/aromatic N) is 5. The third kappa shape index (κ3) is 5.56. The summed E-state index contributed by atoms with van der Waals surface area (Å²) in [6.07, 6.45) is 0. The molecular formula is C52H31N5S. The van der Waals surface area contributed by atoms with Crippen LogP contribution in [0.3, 0.4) is 0 Å². The Kier molecular flexibility index (Phi) is 7.99. The fraction of sp³-hybridized carbons (Fsp3) is 0. The molecule has 0 fully saturated rings. The van der Waals surface area contributed by atoms with Gasteiger partial charge in [0.05, 0.1) is 28.4 Å². The second-order valence-electron chi connectivity index (χ2n) is 14.3. The molecule has 8 aromatic carbocycles. The first-order chi connectivity index (χ1) is 28.7. The maximum Gasteiger partial charge on any atom is 0.164 e. The van der Waals surface area contributed by atoms with E-state index in [9.17, 15) is 5.26 Å². The number of fused-ring (bicyclic) bond motifs is 6. The Hall–Kier alpha value is -7.72. The van der Waals surface area contributed by atoms with E-state index in [0.29, 0.717) is 23.0 Å². The van der Waals surface area contributed by atoms with Crippen molar-refractivity contribution in [1.29, 1.82) is 5.26 Å². The number of benzene rings is 8. The standard InChI is InChI=1S/C52H31N5S/c53-32-37-27-26-35(30-44(37)43-22-13-21-42-41-20-9-12-25-48(41)58-49(42)43)51-54-50(34-16-5-2-6-17-34)55-52(56-51)36-28-29-38(33-14-3-1-4-15-33)47(31-36)57-45-23-10-7-18-39(45)40-19-8-11-24-46(40)57/h1-31H.